The van der Waals surface area contributed by atoms with Crippen LogP contribution in [0.25, 0.3) is 0 Å². The van der Waals surface area contributed by atoms with E-state index in [1.54, 1.807) is 91.9 Å². The Bertz CT molecular complexity index is 3420. The predicted octanol–water partition coefficient (Wildman–Crippen LogP) is 6.19. The molecule has 0 spiro atoms. The van der Waals surface area contributed by atoms with Gasteiger partial charge >= 0.3 is 47.8 Å². The minimum absolute atomic E-state index is 0.0152. The van der Waals surface area contributed by atoms with Crippen LogP contribution < -0.4 is 0 Å². The molecule has 19 atom stereocenters. The van der Waals surface area contributed by atoms with Crippen LogP contribution in [0.3, 0.4) is 0 Å². The van der Waals surface area contributed by atoms with Crippen molar-refractivity contribution in [3.63, 3.8) is 0 Å². The molecule has 0 radical (unpaired) electrons. The van der Waals surface area contributed by atoms with E-state index in [0.29, 0.717) is 5.56 Å². The summed E-state index contributed by atoms with van der Waals surface area (Å²) in [6, 6.07) is 41.3. The van der Waals surface area contributed by atoms with Crippen LogP contribution >= 0.6 is 0 Å². The molecular formula is C71H78O27. The first kappa shape index (κ1) is 73.4. The molecule has 0 aliphatic carbocycles. The van der Waals surface area contributed by atoms with Crippen LogP contribution in [-0.2, 0) is 123 Å². The van der Waals surface area contributed by atoms with Crippen molar-refractivity contribution in [2.75, 3.05) is 13.2 Å². The van der Waals surface area contributed by atoms with Crippen LogP contribution in [0.5, 0.6) is 0 Å². The molecule has 4 saturated heterocycles. The van der Waals surface area contributed by atoms with Crippen molar-refractivity contribution in [3.05, 3.63) is 179 Å². The maximum absolute atomic E-state index is 14.7. The van der Waals surface area contributed by atoms with Crippen molar-refractivity contribution >= 4 is 53.5 Å². The van der Waals surface area contributed by atoms with Gasteiger partial charge in [0.2, 0.25) is 0 Å². The number of benzene rings is 5. The van der Waals surface area contributed by atoms with Gasteiger partial charge < -0.3 is 90.4 Å². The minimum Gasteiger partial charge on any atom is -0.463 e. The number of aliphatic hydroxyl groups excluding tert-OH is 1. The van der Waals surface area contributed by atoms with Gasteiger partial charge in [-0.2, -0.15) is 0 Å². The number of hydrogen-bond donors (Lipinski definition) is 1. The van der Waals surface area contributed by atoms with Crippen molar-refractivity contribution in [1.29, 1.82) is 0 Å². The summed E-state index contributed by atoms with van der Waals surface area (Å²) in [6.45, 7) is 6.93. The molecule has 0 bridgehead atoms. The first-order valence-electron chi connectivity index (χ1n) is 31.8. The van der Waals surface area contributed by atoms with Gasteiger partial charge in [0.05, 0.1) is 55.1 Å². The molecule has 4 fully saturated rings. The van der Waals surface area contributed by atoms with E-state index in [1.165, 1.54) is 50.2 Å². The molecule has 5 aromatic rings. The van der Waals surface area contributed by atoms with Crippen LogP contribution in [0, 0.1) is 0 Å². The molecule has 27 heteroatoms. The van der Waals surface area contributed by atoms with E-state index in [4.69, 9.17) is 80.5 Å². The van der Waals surface area contributed by atoms with E-state index in [-0.39, 0.29) is 36.3 Å². The van der Waals surface area contributed by atoms with Crippen LogP contribution in [0.2, 0.25) is 0 Å². The summed E-state index contributed by atoms with van der Waals surface area (Å²) in [5.74, 6) is -8.13. The number of carbonyl (C=O) groups is 9. The molecule has 4 heterocycles. The van der Waals surface area contributed by atoms with Crippen molar-refractivity contribution in [1.82, 2.24) is 0 Å². The average Bonchev–Trinajstić information content (AvgIpc) is 0.760. The molecule has 0 saturated carbocycles. The molecule has 1 N–H and O–H groups in total. The quantitative estimate of drug-likeness (QED) is 0.0452. The molecule has 98 heavy (non-hydrogen) atoms. The standard InChI is InChI=1S/C71H78O27/c1-39(72)33-34-53(77)93-63-60(90-45(7)76)56(88-43(5)74)51(37-82-42(4)73)91-71(63)92-52-38-85-69(97-58-54(83-35-46-23-13-8-14-24-46)40(2)86-68(81)61(58)84-36-47-25-15-9-16-26-47)62(57(52)89-44(6)75)98-70-64(96-67(80)50-31-21-12-22-32-50)59(95-66(79)49-29-19-11-20-30-49)55(41(3)87-70)94-65(78)48-27-17-10-18-28-48/h8-32,40-41,51-52,54-64,68-71,81H,33-38H2,1-7H3/t40-,41-,51-,52-,54-,55-,56+,57+,58+,59+,60+,61-,62-,63-,64-,68+,69+,70+,71+/m1/s1. The lowest BCUT2D eigenvalue weighted by atomic mass is 9.96. The predicted molar refractivity (Wildman–Crippen MR) is 334 cm³/mol. The monoisotopic (exact) mass is 1360 g/mol. The summed E-state index contributed by atoms with van der Waals surface area (Å²) < 4.78 is 108. The van der Waals surface area contributed by atoms with E-state index in [0.717, 1.165) is 33.3 Å². The Kier molecular flexibility index (Phi) is 26.3. The van der Waals surface area contributed by atoms with E-state index in [1.807, 2.05) is 30.3 Å². The fraction of sp³-hybridized carbons (Fsp3) is 0.451. The highest BCUT2D eigenvalue weighted by molar-refractivity contribution is 5.91. The molecule has 27 nitrogen and oxygen atoms in total. The van der Waals surface area contributed by atoms with Crippen molar-refractivity contribution in [2.24, 2.45) is 0 Å². The highest BCUT2D eigenvalue weighted by atomic mass is 16.8. The Morgan fingerprint density at radius 1 is 0.398 bits per heavy atom. The van der Waals surface area contributed by atoms with E-state index >= 15 is 0 Å². The number of rotatable bonds is 27. The number of hydrogen-bond acceptors (Lipinski definition) is 27. The Morgan fingerprint density at radius 3 is 1.34 bits per heavy atom. The Hall–Kier alpha value is -8.87. The largest absolute Gasteiger partial charge is 0.463 e. The lowest BCUT2D eigenvalue weighted by Gasteiger charge is -2.50. The van der Waals surface area contributed by atoms with Gasteiger partial charge in [0.25, 0.3) is 0 Å². The van der Waals surface area contributed by atoms with Crippen LogP contribution in [0.1, 0.15) is 104 Å². The highest BCUT2D eigenvalue weighted by Crippen LogP contribution is 2.39. The van der Waals surface area contributed by atoms with Crippen LogP contribution in [0.4, 0.5) is 0 Å². The van der Waals surface area contributed by atoms with Gasteiger partial charge in [-0.1, -0.05) is 115 Å². The Balaban J connectivity index is 1.19. The normalized spacial score (nSPS) is 29.1. The van der Waals surface area contributed by atoms with Gasteiger partial charge in [-0.25, -0.2) is 14.4 Å². The molecule has 0 unspecified atom stereocenters. The second-order valence-electron chi connectivity index (χ2n) is 23.5. The van der Waals surface area contributed by atoms with E-state index in [2.05, 4.69) is 0 Å². The van der Waals surface area contributed by atoms with Crippen molar-refractivity contribution < 1.29 is 129 Å². The number of ketones is 1. The van der Waals surface area contributed by atoms with Gasteiger partial charge in [0.1, 0.15) is 42.9 Å². The van der Waals surface area contributed by atoms with Crippen molar-refractivity contribution in [3.8, 4) is 0 Å². The molecule has 9 rings (SSSR count). The smallest absolute Gasteiger partial charge is 0.338 e. The zero-order valence-electron chi connectivity index (χ0n) is 54.7. The first-order valence-corrected chi connectivity index (χ1v) is 31.8. The third-order valence-corrected chi connectivity index (χ3v) is 16.0. The molecule has 0 aromatic heterocycles. The Labute approximate surface area is 564 Å². The molecule has 5 aromatic carbocycles. The molecule has 4 aliphatic rings. The summed E-state index contributed by atoms with van der Waals surface area (Å²) in [7, 11) is 0. The molecule has 524 valence electrons. The third kappa shape index (κ3) is 19.9. The number of esters is 8. The zero-order valence-corrected chi connectivity index (χ0v) is 54.7. The summed E-state index contributed by atoms with van der Waals surface area (Å²) in [5, 5.41) is 12.0. The zero-order chi connectivity index (χ0) is 70.0. The van der Waals surface area contributed by atoms with E-state index in [9.17, 15) is 48.3 Å². The Morgan fingerprint density at radius 2 is 0.827 bits per heavy atom. The highest BCUT2D eigenvalue weighted by Gasteiger charge is 2.59. The summed E-state index contributed by atoms with van der Waals surface area (Å²) in [4.78, 5) is 122. The summed E-state index contributed by atoms with van der Waals surface area (Å²) in [5.41, 5.74) is 1.49. The second kappa shape index (κ2) is 35.1. The fourth-order valence-corrected chi connectivity index (χ4v) is 11.4. The number of carbonyl (C=O) groups excluding carboxylic acids is 9. The summed E-state index contributed by atoms with van der Waals surface area (Å²) >= 11 is 0. The number of ether oxygens (including phenoxy) is 17. The first-order chi connectivity index (χ1) is 47.1. The third-order valence-electron chi connectivity index (χ3n) is 16.0. The SMILES string of the molecule is CC(=O)CCC(=O)O[C@H]1[C@H](O[C@@H]2CO[C@@H](O[C@@H]3[C@@H](OCc4ccccc4)[C@@H](O)O[C@H](C)[C@H]3OCc3ccccc3)[C@H](O[C@@H]3O[C@H](C)[C@@H](OC(=O)c4ccccc4)[C@H](OC(=O)c4ccccc4)[C@H]3OC(=O)c3ccccc3)[C@H]2OC(C)=O)O[C@H](COC(C)=O)[C@H](OC(C)=O)[C@@H]1OC(C)=O. The van der Waals surface area contributed by atoms with Gasteiger partial charge in [-0.05, 0) is 68.3 Å². The molecule has 4 aliphatic heterocycles. The number of Topliss-reactive ketones (excluding diaryl/α,β-unsaturated/α-hetero) is 1. The van der Waals surface area contributed by atoms with Crippen LogP contribution in [-0.4, -0.2) is 189 Å². The lowest BCUT2D eigenvalue weighted by Crippen LogP contribution is -2.68. The fourth-order valence-electron chi connectivity index (χ4n) is 11.4. The van der Waals surface area contributed by atoms with Crippen LogP contribution in [0.15, 0.2) is 152 Å². The average molecular weight is 1360 g/mol. The van der Waals surface area contributed by atoms with Gasteiger partial charge in [-0.15, -0.1) is 0 Å². The lowest BCUT2D eigenvalue weighted by molar-refractivity contribution is -0.390. The number of aliphatic hydroxyl groups is 1. The summed E-state index contributed by atoms with van der Waals surface area (Å²) in [6.07, 6.45) is -32.9. The maximum Gasteiger partial charge on any atom is 0.338 e. The maximum atomic E-state index is 14.7. The molecule has 0 amide bonds. The van der Waals surface area contributed by atoms with Gasteiger partial charge in [-0.3, -0.25) is 24.0 Å². The molecular weight excluding hydrogens is 1280 g/mol. The second-order valence-corrected chi connectivity index (χ2v) is 23.5. The van der Waals surface area contributed by atoms with Gasteiger partial charge in [0, 0.05) is 34.1 Å². The van der Waals surface area contributed by atoms with Gasteiger partial charge in [0.15, 0.2) is 74.0 Å². The van der Waals surface area contributed by atoms with Crippen molar-refractivity contribution in [2.45, 2.75) is 191 Å². The topological polar surface area (TPSA) is 331 Å². The van der Waals surface area contributed by atoms with E-state index < -0.39 is 190 Å². The minimum atomic E-state index is -2.02.